The van der Waals surface area contributed by atoms with Crippen LogP contribution in [0.25, 0.3) is 0 Å². The quantitative estimate of drug-likeness (QED) is 0.292. The Kier molecular flexibility index (Phi) is 8.18. The number of amides is 2. The molecule has 0 saturated heterocycles. The molecule has 0 fully saturated rings. The van der Waals surface area contributed by atoms with Gasteiger partial charge in [0, 0.05) is 11.8 Å². The number of esters is 1. The first-order valence-corrected chi connectivity index (χ1v) is 11.6. The standard InChI is InChI=1S/C26H31N3O7/c1-14(2)22-21(25(30)36-15(3)4)23(28-26(31)27-22)18-11-19(29(32)33)24(20(12-18)34-6)35-13-17-9-7-16(5)8-10-17/h7-12,14-15,23H,13H2,1-6H3,(H2,27,28,31). The lowest BCUT2D eigenvalue weighted by atomic mass is 9.91. The number of nitrogens with zero attached hydrogens (tertiary/aromatic N) is 1. The predicted octanol–water partition coefficient (Wildman–Crippen LogP) is 4.71. The number of benzene rings is 2. The van der Waals surface area contributed by atoms with Crippen LogP contribution in [0.1, 0.15) is 50.4 Å². The minimum absolute atomic E-state index is 0.0496. The largest absolute Gasteiger partial charge is 0.493 e. The smallest absolute Gasteiger partial charge is 0.338 e. The van der Waals surface area contributed by atoms with Gasteiger partial charge >= 0.3 is 17.7 Å². The first kappa shape index (κ1) is 26.5. The number of allylic oxidation sites excluding steroid dienone is 1. The molecule has 0 bridgehead atoms. The summed E-state index contributed by atoms with van der Waals surface area (Å²) in [6.45, 7) is 9.12. The van der Waals surface area contributed by atoms with Crippen molar-refractivity contribution in [3.63, 3.8) is 0 Å². The molecule has 10 heteroatoms. The highest BCUT2D eigenvalue weighted by molar-refractivity contribution is 5.95. The van der Waals surface area contributed by atoms with Crippen molar-refractivity contribution < 1.29 is 28.7 Å². The topological polar surface area (TPSA) is 129 Å². The minimum atomic E-state index is -0.999. The molecule has 1 aliphatic rings. The highest BCUT2D eigenvalue weighted by atomic mass is 16.6. The van der Waals surface area contributed by atoms with Gasteiger partial charge in [-0.05, 0) is 43.9 Å². The van der Waals surface area contributed by atoms with Crippen LogP contribution in [0.2, 0.25) is 0 Å². The number of nitrogens with one attached hydrogen (secondary N) is 2. The first-order chi connectivity index (χ1) is 17.0. The number of hydrogen-bond donors (Lipinski definition) is 2. The van der Waals surface area contributed by atoms with Gasteiger partial charge in [0.05, 0.1) is 29.8 Å². The van der Waals surface area contributed by atoms with E-state index in [4.69, 9.17) is 14.2 Å². The molecule has 1 aliphatic heterocycles. The zero-order valence-corrected chi connectivity index (χ0v) is 21.2. The third-order valence-electron chi connectivity index (χ3n) is 5.55. The van der Waals surface area contributed by atoms with Gasteiger partial charge in [0.2, 0.25) is 5.75 Å². The van der Waals surface area contributed by atoms with Crippen molar-refractivity contribution in [2.24, 2.45) is 5.92 Å². The molecule has 2 amide bonds. The molecule has 3 rings (SSSR count). The third-order valence-corrected chi connectivity index (χ3v) is 5.55. The minimum Gasteiger partial charge on any atom is -0.493 e. The molecule has 192 valence electrons. The first-order valence-electron chi connectivity index (χ1n) is 11.6. The summed E-state index contributed by atoms with van der Waals surface area (Å²) in [4.78, 5) is 37.0. The van der Waals surface area contributed by atoms with Crippen molar-refractivity contribution >= 4 is 17.7 Å². The fourth-order valence-electron chi connectivity index (χ4n) is 3.84. The Morgan fingerprint density at radius 2 is 1.81 bits per heavy atom. The van der Waals surface area contributed by atoms with Crippen LogP contribution in [0.4, 0.5) is 10.5 Å². The predicted molar refractivity (Wildman–Crippen MR) is 133 cm³/mol. The van der Waals surface area contributed by atoms with E-state index in [2.05, 4.69) is 10.6 Å². The molecule has 0 spiro atoms. The second-order valence-electron chi connectivity index (χ2n) is 9.07. The molecule has 1 heterocycles. The molecule has 0 aliphatic carbocycles. The molecule has 36 heavy (non-hydrogen) atoms. The Labute approximate surface area is 209 Å². The van der Waals surface area contributed by atoms with Crippen molar-refractivity contribution in [1.82, 2.24) is 10.6 Å². The zero-order chi connectivity index (χ0) is 26.6. The van der Waals surface area contributed by atoms with Crippen molar-refractivity contribution in [2.45, 2.75) is 53.4 Å². The molecule has 0 aromatic heterocycles. The van der Waals surface area contributed by atoms with E-state index in [9.17, 15) is 19.7 Å². The van der Waals surface area contributed by atoms with Crippen LogP contribution in [-0.4, -0.2) is 30.1 Å². The van der Waals surface area contributed by atoms with Crippen molar-refractivity contribution in [1.29, 1.82) is 0 Å². The number of carbonyl (C=O) groups excluding carboxylic acids is 2. The van der Waals surface area contributed by atoms with Gasteiger partial charge in [-0.25, -0.2) is 9.59 Å². The fraction of sp³-hybridized carbons (Fsp3) is 0.385. The third kappa shape index (κ3) is 5.94. The van der Waals surface area contributed by atoms with E-state index in [0.717, 1.165) is 11.1 Å². The monoisotopic (exact) mass is 497 g/mol. The average Bonchev–Trinajstić information content (AvgIpc) is 2.81. The molecular formula is C26H31N3O7. The van der Waals surface area contributed by atoms with Gasteiger partial charge in [-0.15, -0.1) is 0 Å². The van der Waals surface area contributed by atoms with Crippen LogP contribution in [0.3, 0.4) is 0 Å². The zero-order valence-electron chi connectivity index (χ0n) is 21.2. The average molecular weight is 498 g/mol. The summed E-state index contributed by atoms with van der Waals surface area (Å²) in [5.41, 5.74) is 2.39. The van der Waals surface area contributed by atoms with Gasteiger partial charge in [0.1, 0.15) is 6.61 Å². The molecule has 2 aromatic rings. The van der Waals surface area contributed by atoms with Gasteiger partial charge in [0.25, 0.3) is 0 Å². The number of nitro groups is 1. The summed E-state index contributed by atoms with van der Waals surface area (Å²) >= 11 is 0. The van der Waals surface area contributed by atoms with Gasteiger partial charge in [-0.2, -0.15) is 0 Å². The second-order valence-corrected chi connectivity index (χ2v) is 9.07. The fourth-order valence-corrected chi connectivity index (χ4v) is 3.84. The number of methoxy groups -OCH3 is 1. The van der Waals surface area contributed by atoms with Crippen molar-refractivity contribution in [3.05, 3.63) is 74.5 Å². The number of carbonyl (C=O) groups is 2. The molecular weight excluding hydrogens is 466 g/mol. The van der Waals surface area contributed by atoms with E-state index in [0.29, 0.717) is 5.70 Å². The Bertz CT molecular complexity index is 1190. The molecule has 0 radical (unpaired) electrons. The lowest BCUT2D eigenvalue weighted by molar-refractivity contribution is -0.386. The molecule has 0 saturated carbocycles. The summed E-state index contributed by atoms with van der Waals surface area (Å²) in [6.07, 6.45) is -0.405. The van der Waals surface area contributed by atoms with E-state index >= 15 is 0 Å². The Morgan fingerprint density at radius 1 is 1.14 bits per heavy atom. The summed E-state index contributed by atoms with van der Waals surface area (Å²) in [5.74, 6) is -0.803. The summed E-state index contributed by atoms with van der Waals surface area (Å²) < 4.78 is 16.7. The summed E-state index contributed by atoms with van der Waals surface area (Å²) in [7, 11) is 1.37. The maximum absolute atomic E-state index is 13.1. The second kappa shape index (κ2) is 11.1. The van der Waals surface area contributed by atoms with Gasteiger partial charge in [-0.3, -0.25) is 10.1 Å². The van der Waals surface area contributed by atoms with E-state index in [1.54, 1.807) is 13.8 Å². The highest BCUT2D eigenvalue weighted by Crippen LogP contribution is 2.42. The highest BCUT2D eigenvalue weighted by Gasteiger charge is 2.37. The molecule has 2 N–H and O–H groups in total. The SMILES string of the molecule is COc1cc(C2NC(=O)NC(C(C)C)=C2C(=O)OC(C)C)cc([N+](=O)[O-])c1OCc1ccc(C)cc1. The van der Waals surface area contributed by atoms with E-state index in [1.807, 2.05) is 45.0 Å². The molecule has 10 nitrogen and oxygen atoms in total. The number of rotatable bonds is 9. The molecule has 2 aromatic carbocycles. The molecule has 1 atom stereocenters. The maximum atomic E-state index is 13.1. The van der Waals surface area contributed by atoms with Gasteiger partial charge in [-0.1, -0.05) is 43.7 Å². The summed E-state index contributed by atoms with van der Waals surface area (Å²) in [6, 6.07) is 8.85. The van der Waals surface area contributed by atoms with Crippen molar-refractivity contribution in [2.75, 3.05) is 7.11 Å². The van der Waals surface area contributed by atoms with Gasteiger partial charge < -0.3 is 24.8 Å². The number of nitro benzene ring substituents is 1. The van der Waals surface area contributed by atoms with Gasteiger partial charge in [0.15, 0.2) is 5.75 Å². The Hall–Kier alpha value is -4.08. The maximum Gasteiger partial charge on any atom is 0.338 e. The van der Waals surface area contributed by atoms with Crippen LogP contribution in [-0.2, 0) is 16.1 Å². The normalized spacial score (nSPS) is 15.4. The van der Waals surface area contributed by atoms with E-state index in [1.165, 1.54) is 19.2 Å². The van der Waals surface area contributed by atoms with Crippen LogP contribution in [0.5, 0.6) is 11.5 Å². The summed E-state index contributed by atoms with van der Waals surface area (Å²) in [5, 5.41) is 17.4. The van der Waals surface area contributed by atoms with Crippen LogP contribution < -0.4 is 20.1 Å². The number of ether oxygens (including phenoxy) is 3. The number of aryl methyl sites for hydroxylation is 1. The Morgan fingerprint density at radius 3 is 2.36 bits per heavy atom. The molecule has 1 unspecified atom stereocenters. The van der Waals surface area contributed by atoms with Crippen molar-refractivity contribution in [3.8, 4) is 11.5 Å². The number of hydrogen-bond acceptors (Lipinski definition) is 7. The lowest BCUT2D eigenvalue weighted by Crippen LogP contribution is -2.47. The Balaban J connectivity index is 2.10. The van der Waals surface area contributed by atoms with Crippen LogP contribution in [0.15, 0.2) is 47.7 Å². The van der Waals surface area contributed by atoms with E-state index in [-0.39, 0.29) is 40.8 Å². The van der Waals surface area contributed by atoms with Crippen LogP contribution >= 0.6 is 0 Å². The lowest BCUT2D eigenvalue weighted by Gasteiger charge is -2.31. The van der Waals surface area contributed by atoms with Crippen LogP contribution in [0, 0.1) is 23.0 Å². The van der Waals surface area contributed by atoms with E-state index < -0.39 is 29.1 Å². The number of urea groups is 1.